The van der Waals surface area contributed by atoms with Crippen LogP contribution in [0.4, 0.5) is 5.13 Å². The third kappa shape index (κ3) is 4.33. The Morgan fingerprint density at radius 3 is 2.57 bits per heavy atom. The molecule has 0 unspecified atom stereocenters. The Hall–Kier alpha value is -2.49. The maximum absolute atomic E-state index is 12.9. The third-order valence-electron chi connectivity index (χ3n) is 4.96. The molecule has 2 heterocycles. The van der Waals surface area contributed by atoms with Crippen molar-refractivity contribution < 1.29 is 17.9 Å². The molecule has 2 aromatic carbocycles. The average molecular weight is 446 g/mol. The first-order chi connectivity index (χ1) is 14.5. The molecular weight excluding hydrogens is 422 g/mol. The fourth-order valence-electron chi connectivity index (χ4n) is 3.41. The summed E-state index contributed by atoms with van der Waals surface area (Å²) in [6.45, 7) is 3.59. The van der Waals surface area contributed by atoms with Gasteiger partial charge in [0.05, 0.1) is 21.7 Å². The van der Waals surface area contributed by atoms with Gasteiger partial charge in [-0.3, -0.25) is 10.1 Å². The van der Waals surface area contributed by atoms with Crippen LogP contribution < -0.4 is 10.1 Å². The van der Waals surface area contributed by atoms with Gasteiger partial charge in [-0.1, -0.05) is 17.8 Å². The number of thiazole rings is 1. The molecule has 1 fully saturated rings. The van der Waals surface area contributed by atoms with E-state index in [4.69, 9.17) is 4.74 Å². The van der Waals surface area contributed by atoms with Crippen LogP contribution >= 0.6 is 11.3 Å². The molecule has 1 aliphatic rings. The summed E-state index contributed by atoms with van der Waals surface area (Å²) in [6, 6.07) is 11.8. The van der Waals surface area contributed by atoms with Crippen LogP contribution in [-0.2, 0) is 10.0 Å². The zero-order valence-corrected chi connectivity index (χ0v) is 18.3. The first-order valence-electron chi connectivity index (χ1n) is 9.92. The van der Waals surface area contributed by atoms with E-state index in [9.17, 15) is 13.2 Å². The number of piperidine rings is 1. The van der Waals surface area contributed by atoms with Crippen molar-refractivity contribution in [3.05, 3.63) is 48.0 Å². The van der Waals surface area contributed by atoms with E-state index in [1.807, 2.05) is 6.92 Å². The third-order valence-corrected chi connectivity index (χ3v) is 7.79. The number of rotatable bonds is 6. The van der Waals surface area contributed by atoms with Crippen molar-refractivity contribution in [3.63, 3.8) is 0 Å². The van der Waals surface area contributed by atoms with Gasteiger partial charge in [0.2, 0.25) is 10.0 Å². The van der Waals surface area contributed by atoms with Gasteiger partial charge in [0.1, 0.15) is 5.75 Å². The molecule has 1 aromatic heterocycles. The van der Waals surface area contributed by atoms with Gasteiger partial charge in [0.15, 0.2) is 5.13 Å². The summed E-state index contributed by atoms with van der Waals surface area (Å²) in [5, 5.41) is 3.22. The molecule has 7 nitrogen and oxygen atoms in total. The summed E-state index contributed by atoms with van der Waals surface area (Å²) in [5.74, 6) is 0.426. The van der Waals surface area contributed by atoms with Crippen molar-refractivity contribution in [1.29, 1.82) is 0 Å². The maximum Gasteiger partial charge on any atom is 0.257 e. The second kappa shape index (κ2) is 8.71. The van der Waals surface area contributed by atoms with Crippen molar-refractivity contribution in [2.75, 3.05) is 25.0 Å². The second-order valence-electron chi connectivity index (χ2n) is 7.02. The van der Waals surface area contributed by atoms with Gasteiger partial charge in [-0.2, -0.15) is 4.31 Å². The second-order valence-corrected chi connectivity index (χ2v) is 9.99. The van der Waals surface area contributed by atoms with Gasteiger partial charge in [0, 0.05) is 18.7 Å². The van der Waals surface area contributed by atoms with Crippen LogP contribution in [0, 0.1) is 0 Å². The minimum atomic E-state index is -3.51. The highest BCUT2D eigenvalue weighted by Crippen LogP contribution is 2.30. The zero-order chi connectivity index (χ0) is 21.1. The molecule has 0 saturated carbocycles. The van der Waals surface area contributed by atoms with E-state index in [-0.39, 0.29) is 10.8 Å². The number of benzene rings is 2. The zero-order valence-electron chi connectivity index (χ0n) is 16.6. The van der Waals surface area contributed by atoms with E-state index in [1.54, 1.807) is 46.8 Å². The minimum absolute atomic E-state index is 0.268. The van der Waals surface area contributed by atoms with Crippen LogP contribution in [0.3, 0.4) is 0 Å². The first kappa shape index (κ1) is 20.8. The molecule has 1 amide bonds. The molecule has 0 radical (unpaired) electrons. The van der Waals surface area contributed by atoms with Gasteiger partial charge in [0.25, 0.3) is 5.91 Å². The summed E-state index contributed by atoms with van der Waals surface area (Å²) in [7, 11) is -3.51. The number of hydrogen-bond acceptors (Lipinski definition) is 6. The van der Waals surface area contributed by atoms with E-state index in [0.717, 1.165) is 24.0 Å². The number of sulfonamides is 1. The number of ether oxygens (including phenoxy) is 1. The number of fused-ring (bicyclic) bond motifs is 1. The Morgan fingerprint density at radius 1 is 1.13 bits per heavy atom. The first-order valence-corrected chi connectivity index (χ1v) is 12.2. The van der Waals surface area contributed by atoms with Crippen molar-refractivity contribution in [3.8, 4) is 5.75 Å². The highest BCUT2D eigenvalue weighted by atomic mass is 32.2. The molecule has 4 rings (SSSR count). The van der Waals surface area contributed by atoms with E-state index in [1.165, 1.54) is 11.3 Å². The van der Waals surface area contributed by atoms with E-state index >= 15 is 0 Å². The van der Waals surface area contributed by atoms with Crippen molar-refractivity contribution >= 4 is 42.6 Å². The van der Waals surface area contributed by atoms with Gasteiger partial charge in [-0.15, -0.1) is 0 Å². The summed E-state index contributed by atoms with van der Waals surface area (Å²) in [5.41, 5.74) is 1.14. The Kier molecular flexibility index (Phi) is 6.03. The number of hydrogen-bond donors (Lipinski definition) is 1. The molecule has 0 atom stereocenters. The lowest BCUT2D eigenvalue weighted by atomic mass is 10.2. The molecule has 158 valence electrons. The molecule has 1 saturated heterocycles. The van der Waals surface area contributed by atoms with Crippen LogP contribution in [0.2, 0.25) is 0 Å². The lowest BCUT2D eigenvalue weighted by Crippen LogP contribution is -2.35. The van der Waals surface area contributed by atoms with E-state index in [0.29, 0.717) is 41.7 Å². The quantitative estimate of drug-likeness (QED) is 0.617. The maximum atomic E-state index is 12.9. The number of nitrogens with one attached hydrogen (secondary N) is 1. The number of carbonyl (C=O) groups excluding carboxylic acids is 1. The van der Waals surface area contributed by atoms with Gasteiger partial charge in [-0.25, -0.2) is 13.4 Å². The van der Waals surface area contributed by atoms with Gasteiger partial charge < -0.3 is 4.74 Å². The Bertz CT molecular complexity index is 1150. The predicted molar refractivity (Wildman–Crippen MR) is 118 cm³/mol. The Morgan fingerprint density at radius 2 is 1.87 bits per heavy atom. The topological polar surface area (TPSA) is 88.6 Å². The fraction of sp³-hybridized carbons (Fsp3) is 0.333. The number of amides is 1. The lowest BCUT2D eigenvalue weighted by Gasteiger charge is -2.25. The van der Waals surface area contributed by atoms with Crippen LogP contribution in [-0.4, -0.2) is 43.3 Å². The highest BCUT2D eigenvalue weighted by Gasteiger charge is 2.26. The molecule has 0 bridgehead atoms. The average Bonchev–Trinajstić information content (AvgIpc) is 3.16. The smallest absolute Gasteiger partial charge is 0.257 e. The van der Waals surface area contributed by atoms with Crippen molar-refractivity contribution in [1.82, 2.24) is 9.29 Å². The van der Waals surface area contributed by atoms with E-state index < -0.39 is 10.0 Å². The largest absolute Gasteiger partial charge is 0.494 e. The molecule has 30 heavy (non-hydrogen) atoms. The normalized spacial score (nSPS) is 15.2. The lowest BCUT2D eigenvalue weighted by molar-refractivity contribution is 0.102. The fourth-order valence-corrected chi connectivity index (χ4v) is 5.93. The number of nitrogens with zero attached hydrogens (tertiary/aromatic N) is 2. The van der Waals surface area contributed by atoms with Crippen LogP contribution in [0.5, 0.6) is 5.75 Å². The Balaban J connectivity index is 1.53. The van der Waals surface area contributed by atoms with Crippen LogP contribution in [0.1, 0.15) is 36.5 Å². The molecule has 3 aromatic rings. The molecule has 9 heteroatoms. The summed E-state index contributed by atoms with van der Waals surface area (Å²) in [6.07, 6.45) is 2.85. The van der Waals surface area contributed by atoms with Crippen molar-refractivity contribution in [2.45, 2.75) is 31.1 Å². The van der Waals surface area contributed by atoms with Gasteiger partial charge in [-0.05, 0) is 62.2 Å². The molecule has 0 aliphatic carbocycles. The molecule has 0 spiro atoms. The monoisotopic (exact) mass is 445 g/mol. The molecule has 1 aliphatic heterocycles. The predicted octanol–water partition coefficient (Wildman–Crippen LogP) is 4.12. The number of aromatic nitrogens is 1. The SMILES string of the molecule is CCOc1ccc(C(=O)Nc2nc3ccc(S(=O)(=O)N4CCCCC4)cc3s2)cc1. The van der Waals surface area contributed by atoms with Crippen LogP contribution in [0.25, 0.3) is 10.2 Å². The summed E-state index contributed by atoms with van der Waals surface area (Å²) >= 11 is 1.26. The molecule has 1 N–H and O–H groups in total. The standard InChI is InChI=1S/C21H23N3O4S2/c1-2-28-16-8-6-15(7-9-16)20(25)23-21-22-18-11-10-17(14-19(18)29-21)30(26,27)24-12-4-3-5-13-24/h6-11,14H,2-5,12-13H2,1H3,(H,22,23,25). The number of carbonyl (C=O) groups is 1. The minimum Gasteiger partial charge on any atom is -0.494 e. The van der Waals surface area contributed by atoms with Crippen molar-refractivity contribution in [2.24, 2.45) is 0 Å². The van der Waals surface area contributed by atoms with Crippen LogP contribution in [0.15, 0.2) is 47.4 Å². The molecular formula is C21H23N3O4S2. The van der Waals surface area contributed by atoms with E-state index in [2.05, 4.69) is 10.3 Å². The Labute approximate surface area is 179 Å². The van der Waals surface area contributed by atoms with Gasteiger partial charge >= 0.3 is 0 Å². The number of anilines is 1. The highest BCUT2D eigenvalue weighted by molar-refractivity contribution is 7.89. The summed E-state index contributed by atoms with van der Waals surface area (Å²) < 4.78 is 33.5. The summed E-state index contributed by atoms with van der Waals surface area (Å²) in [4.78, 5) is 17.2.